The Hall–Kier alpha value is -2.96. The number of nitrogens with one attached hydrogen (secondary N) is 2. The second-order valence-electron chi connectivity index (χ2n) is 4.46. The number of hydrogen-bond donors (Lipinski definition) is 2. The average molecular weight is 285 g/mol. The molecule has 0 amide bonds. The minimum atomic E-state index is -0.492. The van der Waals surface area contributed by atoms with Crippen LogP contribution in [0.4, 0.5) is 15.8 Å². The molecule has 0 unspecified atom stereocenters. The molecule has 2 aromatic heterocycles. The second-order valence-corrected chi connectivity index (χ2v) is 4.46. The van der Waals surface area contributed by atoms with Gasteiger partial charge in [-0.15, -0.1) is 10.2 Å². The van der Waals surface area contributed by atoms with E-state index in [-0.39, 0.29) is 11.4 Å². The van der Waals surface area contributed by atoms with E-state index in [0.717, 1.165) is 5.69 Å². The maximum atomic E-state index is 13.5. The van der Waals surface area contributed by atoms with Crippen molar-refractivity contribution in [2.75, 3.05) is 0 Å². The van der Waals surface area contributed by atoms with Crippen LogP contribution in [-0.4, -0.2) is 14.8 Å². The van der Waals surface area contributed by atoms with Gasteiger partial charge in [0.15, 0.2) is 11.5 Å². The molecule has 0 fully saturated rings. The van der Waals surface area contributed by atoms with E-state index in [2.05, 4.69) is 20.4 Å². The Bertz CT molecular complexity index is 858. The highest BCUT2D eigenvalue weighted by Crippen LogP contribution is 2.27. The van der Waals surface area contributed by atoms with Gasteiger partial charge in [0.05, 0.1) is 5.69 Å². The van der Waals surface area contributed by atoms with Gasteiger partial charge in [-0.05, 0) is 24.3 Å². The van der Waals surface area contributed by atoms with Crippen LogP contribution in [0, 0.1) is 5.82 Å². The Morgan fingerprint density at radius 2 is 1.90 bits per heavy atom. The van der Waals surface area contributed by atoms with Gasteiger partial charge in [0, 0.05) is 13.2 Å². The summed E-state index contributed by atoms with van der Waals surface area (Å²) in [7, 11) is 1.85. The molecule has 0 saturated carbocycles. The van der Waals surface area contributed by atoms with Crippen molar-refractivity contribution in [3.8, 4) is 11.4 Å². The predicted molar refractivity (Wildman–Crippen MR) is 76.4 cm³/mol. The van der Waals surface area contributed by atoms with Crippen LogP contribution >= 0.6 is 0 Å². The summed E-state index contributed by atoms with van der Waals surface area (Å²) in [4.78, 5) is 11.8. The molecule has 0 aliphatic carbocycles. The molecule has 0 bridgehead atoms. The van der Waals surface area contributed by atoms with E-state index >= 15 is 0 Å². The molecule has 6 nitrogen and oxygen atoms in total. The number of halogens is 1. The van der Waals surface area contributed by atoms with Gasteiger partial charge >= 0.3 is 0 Å². The summed E-state index contributed by atoms with van der Waals surface area (Å²) in [6, 6.07) is 9.67. The molecule has 3 aromatic rings. The first-order valence-electron chi connectivity index (χ1n) is 6.25. The fraction of sp³-hybridized carbons (Fsp3) is 0.0714. The zero-order chi connectivity index (χ0) is 14.8. The first kappa shape index (κ1) is 13.0. The van der Waals surface area contributed by atoms with Gasteiger partial charge in [-0.1, -0.05) is 12.1 Å². The number of H-pyrrole nitrogens is 2. The van der Waals surface area contributed by atoms with Crippen LogP contribution in [0.3, 0.4) is 0 Å². The Labute approximate surface area is 119 Å². The lowest BCUT2D eigenvalue weighted by atomic mass is 10.3. The lowest BCUT2D eigenvalue weighted by molar-refractivity contribution is 0.628. The number of aromatic nitrogens is 3. The third-order valence-electron chi connectivity index (χ3n) is 3.06. The molecule has 0 saturated heterocycles. The molecule has 0 radical (unpaired) electrons. The highest BCUT2D eigenvalue weighted by atomic mass is 19.1. The van der Waals surface area contributed by atoms with Gasteiger partial charge in [-0.25, -0.2) is 4.39 Å². The molecule has 2 heterocycles. The minimum Gasteiger partial charge on any atom is -0.349 e. The smallest absolute Gasteiger partial charge is 0.292 e. The summed E-state index contributed by atoms with van der Waals surface area (Å²) >= 11 is 0. The van der Waals surface area contributed by atoms with E-state index < -0.39 is 11.4 Å². The molecule has 3 rings (SSSR count). The molecular weight excluding hydrogens is 273 g/mol. The lowest BCUT2D eigenvalue weighted by Crippen LogP contribution is -1.96. The van der Waals surface area contributed by atoms with E-state index in [4.69, 9.17) is 0 Å². The molecule has 0 aliphatic heterocycles. The zero-order valence-corrected chi connectivity index (χ0v) is 11.2. The van der Waals surface area contributed by atoms with Crippen molar-refractivity contribution in [3.63, 3.8) is 0 Å². The third kappa shape index (κ3) is 2.40. The van der Waals surface area contributed by atoms with Crippen LogP contribution < -0.4 is 5.56 Å². The fourth-order valence-corrected chi connectivity index (χ4v) is 1.99. The highest BCUT2D eigenvalue weighted by molar-refractivity contribution is 5.68. The van der Waals surface area contributed by atoms with E-state index in [1.165, 1.54) is 12.1 Å². The number of azo groups is 1. The van der Waals surface area contributed by atoms with Crippen molar-refractivity contribution in [1.29, 1.82) is 0 Å². The number of aromatic amines is 2. The van der Waals surface area contributed by atoms with Gasteiger partial charge in [0.25, 0.3) is 5.56 Å². The maximum Gasteiger partial charge on any atom is 0.292 e. The normalized spacial score (nSPS) is 11.3. The predicted octanol–water partition coefficient (Wildman–Crippen LogP) is 3.26. The van der Waals surface area contributed by atoms with E-state index in [9.17, 15) is 9.18 Å². The van der Waals surface area contributed by atoms with E-state index in [1.807, 2.05) is 29.9 Å². The number of nitrogens with zero attached hydrogens (tertiary/aromatic N) is 3. The SMILES string of the molecule is Cn1cccc1-c1[nH][nH]c(=O)c1N=Nc1ccccc1F. The molecule has 0 aliphatic rings. The molecule has 2 N–H and O–H groups in total. The largest absolute Gasteiger partial charge is 0.349 e. The van der Waals surface area contributed by atoms with Crippen LogP contribution in [0.15, 0.2) is 57.6 Å². The number of benzene rings is 1. The molecule has 21 heavy (non-hydrogen) atoms. The van der Waals surface area contributed by atoms with Crippen molar-refractivity contribution >= 4 is 11.4 Å². The van der Waals surface area contributed by atoms with Crippen LogP contribution in [0.1, 0.15) is 0 Å². The Kier molecular flexibility index (Phi) is 3.23. The van der Waals surface area contributed by atoms with Crippen LogP contribution in [0.5, 0.6) is 0 Å². The topological polar surface area (TPSA) is 78.3 Å². The third-order valence-corrected chi connectivity index (χ3v) is 3.06. The summed E-state index contributed by atoms with van der Waals surface area (Å²) in [6.07, 6.45) is 1.85. The first-order valence-corrected chi connectivity index (χ1v) is 6.25. The van der Waals surface area contributed by atoms with Gasteiger partial charge in [0.2, 0.25) is 0 Å². The molecular formula is C14H12FN5O. The van der Waals surface area contributed by atoms with Crippen LogP contribution in [-0.2, 0) is 7.05 Å². The highest BCUT2D eigenvalue weighted by Gasteiger charge is 2.13. The minimum absolute atomic E-state index is 0.0796. The Morgan fingerprint density at radius 1 is 1.10 bits per heavy atom. The van der Waals surface area contributed by atoms with Crippen LogP contribution in [0.2, 0.25) is 0 Å². The van der Waals surface area contributed by atoms with E-state index in [0.29, 0.717) is 5.69 Å². The summed E-state index contributed by atoms with van der Waals surface area (Å²) in [5, 5.41) is 12.9. The monoisotopic (exact) mass is 285 g/mol. The number of hydrogen-bond acceptors (Lipinski definition) is 3. The Balaban J connectivity index is 2.04. The van der Waals surface area contributed by atoms with Crippen molar-refractivity contribution < 1.29 is 4.39 Å². The quantitative estimate of drug-likeness (QED) is 0.712. The lowest BCUT2D eigenvalue weighted by Gasteiger charge is -2.00. The summed E-state index contributed by atoms with van der Waals surface area (Å²) in [6.45, 7) is 0. The molecule has 1 aromatic carbocycles. The van der Waals surface area contributed by atoms with Crippen molar-refractivity contribution in [3.05, 3.63) is 58.8 Å². The molecule has 7 heteroatoms. The summed E-state index contributed by atoms with van der Waals surface area (Å²) in [5.41, 5.74) is 1.06. The summed E-state index contributed by atoms with van der Waals surface area (Å²) in [5.74, 6) is -0.492. The summed E-state index contributed by atoms with van der Waals surface area (Å²) < 4.78 is 15.3. The van der Waals surface area contributed by atoms with Crippen LogP contribution in [0.25, 0.3) is 11.4 Å². The van der Waals surface area contributed by atoms with Crippen molar-refractivity contribution in [1.82, 2.24) is 14.8 Å². The van der Waals surface area contributed by atoms with Gasteiger partial charge in [-0.2, -0.15) is 0 Å². The first-order chi connectivity index (χ1) is 10.2. The molecule has 106 valence electrons. The Morgan fingerprint density at radius 3 is 2.62 bits per heavy atom. The standard InChI is InChI=1S/C14H12FN5O/c1-20-8-4-7-11(20)12-13(14(21)19-17-12)18-16-10-6-3-2-5-9(10)15/h2-8H,1H3,(H2,17,19,21). The number of aryl methyl sites for hydroxylation is 1. The van der Waals surface area contributed by atoms with Crippen molar-refractivity contribution in [2.24, 2.45) is 17.3 Å². The molecule has 0 atom stereocenters. The van der Waals surface area contributed by atoms with Gasteiger partial charge < -0.3 is 4.57 Å². The van der Waals surface area contributed by atoms with Crippen molar-refractivity contribution in [2.45, 2.75) is 0 Å². The zero-order valence-electron chi connectivity index (χ0n) is 11.2. The van der Waals surface area contributed by atoms with E-state index in [1.54, 1.807) is 12.1 Å². The number of rotatable bonds is 3. The van der Waals surface area contributed by atoms with Gasteiger partial charge in [0.1, 0.15) is 11.4 Å². The average Bonchev–Trinajstić information content (AvgIpc) is 3.04. The second kappa shape index (κ2) is 5.20. The van der Waals surface area contributed by atoms with Gasteiger partial charge in [-0.3, -0.25) is 15.0 Å². The maximum absolute atomic E-state index is 13.5. The molecule has 0 spiro atoms. The fourth-order valence-electron chi connectivity index (χ4n) is 1.99.